The van der Waals surface area contributed by atoms with Gasteiger partial charge in [-0.3, -0.25) is 0 Å². The number of methoxy groups -OCH3 is 2. The van der Waals surface area contributed by atoms with Crippen LogP contribution in [0.1, 0.15) is 11.3 Å². The number of furan rings is 1. The molecule has 2 aromatic heterocycles. The molecule has 4 aromatic rings. The van der Waals surface area contributed by atoms with E-state index in [1.807, 2.05) is 55.5 Å². The molecule has 2 aromatic carbocycles. The summed E-state index contributed by atoms with van der Waals surface area (Å²) in [5.41, 5.74) is 3.03. The van der Waals surface area contributed by atoms with Crippen LogP contribution in [0.5, 0.6) is 11.5 Å². The van der Waals surface area contributed by atoms with E-state index in [0.717, 1.165) is 45.4 Å². The summed E-state index contributed by atoms with van der Waals surface area (Å²) in [6, 6.07) is 17.9. The molecule has 0 spiro atoms. The topological polar surface area (TPSA) is 49.4 Å². The molecule has 5 nitrogen and oxygen atoms in total. The summed E-state index contributed by atoms with van der Waals surface area (Å²) in [7, 11) is 3.33. The molecule has 0 N–H and O–H groups in total. The second kappa shape index (κ2) is 6.59. The first-order chi connectivity index (χ1) is 12.7. The van der Waals surface area contributed by atoms with Crippen LogP contribution in [0.25, 0.3) is 22.6 Å². The number of aryl methyl sites for hydroxylation is 1. The van der Waals surface area contributed by atoms with Gasteiger partial charge in [0.25, 0.3) is 0 Å². The average Bonchev–Trinajstić information content (AvgIpc) is 3.25. The van der Waals surface area contributed by atoms with Gasteiger partial charge < -0.3 is 18.5 Å². The third-order valence-electron chi connectivity index (χ3n) is 4.39. The fourth-order valence-electron chi connectivity index (χ4n) is 3.09. The Morgan fingerprint density at radius 3 is 2.50 bits per heavy atom. The molecule has 0 amide bonds. The Morgan fingerprint density at radius 1 is 0.962 bits per heavy atom. The second-order valence-electron chi connectivity index (χ2n) is 6.14. The molecule has 2 heterocycles. The average molecular weight is 348 g/mol. The summed E-state index contributed by atoms with van der Waals surface area (Å²) in [6.07, 6.45) is 0. The smallest absolute Gasteiger partial charge is 0.177 e. The van der Waals surface area contributed by atoms with E-state index in [1.54, 1.807) is 14.2 Å². The van der Waals surface area contributed by atoms with E-state index >= 15 is 0 Å². The molecule has 5 heteroatoms. The molecular formula is C21H20N2O3. The molecule has 0 aliphatic rings. The van der Waals surface area contributed by atoms with E-state index in [9.17, 15) is 0 Å². The minimum atomic E-state index is 0.662. The summed E-state index contributed by atoms with van der Waals surface area (Å²) >= 11 is 0. The number of fused-ring (bicyclic) bond motifs is 1. The van der Waals surface area contributed by atoms with Crippen molar-refractivity contribution in [3.05, 3.63) is 65.9 Å². The Hall–Kier alpha value is -3.21. The zero-order valence-corrected chi connectivity index (χ0v) is 15.0. The van der Waals surface area contributed by atoms with Crippen molar-refractivity contribution in [2.24, 2.45) is 0 Å². The van der Waals surface area contributed by atoms with Crippen LogP contribution in [-0.2, 0) is 6.54 Å². The Kier molecular flexibility index (Phi) is 4.13. The number of ether oxygens (including phenoxy) is 2. The van der Waals surface area contributed by atoms with Gasteiger partial charge in [-0.2, -0.15) is 0 Å². The predicted octanol–water partition coefficient (Wildman–Crippen LogP) is 4.67. The number of benzene rings is 2. The molecule has 0 radical (unpaired) electrons. The highest BCUT2D eigenvalue weighted by atomic mass is 16.5. The monoisotopic (exact) mass is 348 g/mol. The summed E-state index contributed by atoms with van der Waals surface area (Å²) in [5, 5.41) is 0. The van der Waals surface area contributed by atoms with Gasteiger partial charge in [0.05, 0.1) is 25.3 Å². The van der Waals surface area contributed by atoms with Gasteiger partial charge in [0, 0.05) is 12.6 Å². The second-order valence-corrected chi connectivity index (χ2v) is 6.14. The van der Waals surface area contributed by atoms with E-state index in [-0.39, 0.29) is 0 Å². The minimum absolute atomic E-state index is 0.662. The van der Waals surface area contributed by atoms with E-state index < -0.39 is 0 Å². The van der Waals surface area contributed by atoms with Crippen LogP contribution in [0.2, 0.25) is 0 Å². The first-order valence-electron chi connectivity index (χ1n) is 8.42. The largest absolute Gasteiger partial charge is 0.497 e. The molecular weight excluding hydrogens is 328 g/mol. The van der Waals surface area contributed by atoms with E-state index in [0.29, 0.717) is 6.54 Å². The highest BCUT2D eigenvalue weighted by molar-refractivity contribution is 5.81. The molecule has 0 saturated carbocycles. The van der Waals surface area contributed by atoms with Gasteiger partial charge in [-0.1, -0.05) is 12.1 Å². The molecule has 0 saturated heterocycles. The zero-order valence-electron chi connectivity index (χ0n) is 15.0. The molecule has 26 heavy (non-hydrogen) atoms. The zero-order chi connectivity index (χ0) is 18.1. The number of imidazole rings is 1. The van der Waals surface area contributed by atoms with Gasteiger partial charge in [-0.15, -0.1) is 0 Å². The lowest BCUT2D eigenvalue weighted by molar-refractivity contribution is 0.414. The molecule has 0 fully saturated rings. The van der Waals surface area contributed by atoms with Crippen LogP contribution in [0.3, 0.4) is 0 Å². The molecule has 0 unspecified atom stereocenters. The van der Waals surface area contributed by atoms with Crippen LogP contribution in [-0.4, -0.2) is 23.8 Å². The maximum atomic E-state index is 5.84. The number of aromatic nitrogens is 2. The summed E-state index contributed by atoms with van der Waals surface area (Å²) in [6.45, 7) is 2.59. The Balaban J connectivity index is 1.87. The van der Waals surface area contributed by atoms with Crippen molar-refractivity contribution >= 4 is 11.0 Å². The normalized spacial score (nSPS) is 11.0. The van der Waals surface area contributed by atoms with Gasteiger partial charge in [0.2, 0.25) is 0 Å². The van der Waals surface area contributed by atoms with Crippen LogP contribution in [0.15, 0.2) is 59.0 Å². The van der Waals surface area contributed by atoms with Gasteiger partial charge in [-0.25, -0.2) is 4.98 Å². The highest BCUT2D eigenvalue weighted by Crippen LogP contribution is 2.29. The van der Waals surface area contributed by atoms with Crippen molar-refractivity contribution in [3.8, 4) is 23.1 Å². The predicted molar refractivity (Wildman–Crippen MR) is 101 cm³/mol. The quantitative estimate of drug-likeness (QED) is 0.526. The third kappa shape index (κ3) is 2.92. The van der Waals surface area contributed by atoms with Crippen LogP contribution in [0, 0.1) is 6.92 Å². The Bertz CT molecular complexity index is 1060. The summed E-state index contributed by atoms with van der Waals surface area (Å²) in [5.74, 6) is 4.02. The van der Waals surface area contributed by atoms with Crippen molar-refractivity contribution in [1.29, 1.82) is 0 Å². The minimum Gasteiger partial charge on any atom is -0.497 e. The van der Waals surface area contributed by atoms with Crippen molar-refractivity contribution < 1.29 is 13.9 Å². The standard InChI is InChI=1S/C21H20N2O3/c1-14-7-10-20(26-14)21-22-18-12-17(25-3)8-9-19(18)23(21)13-15-5-4-6-16(11-15)24-2/h4-12H,13H2,1-3H3. The van der Waals surface area contributed by atoms with Crippen LogP contribution in [0.4, 0.5) is 0 Å². The SMILES string of the molecule is COc1cccc(Cn2c(-c3ccc(C)o3)nc3cc(OC)ccc32)c1. The maximum absolute atomic E-state index is 5.84. The van der Waals surface area contributed by atoms with Crippen molar-refractivity contribution in [2.75, 3.05) is 14.2 Å². The van der Waals surface area contributed by atoms with E-state index in [1.165, 1.54) is 0 Å². The number of hydrogen-bond donors (Lipinski definition) is 0. The van der Waals surface area contributed by atoms with Gasteiger partial charge in [0.15, 0.2) is 11.6 Å². The van der Waals surface area contributed by atoms with E-state index in [4.69, 9.17) is 18.9 Å². The maximum Gasteiger partial charge on any atom is 0.177 e. The fourth-order valence-corrected chi connectivity index (χ4v) is 3.09. The van der Waals surface area contributed by atoms with Crippen molar-refractivity contribution in [1.82, 2.24) is 9.55 Å². The van der Waals surface area contributed by atoms with E-state index in [2.05, 4.69) is 10.6 Å². The lowest BCUT2D eigenvalue weighted by atomic mass is 10.2. The number of rotatable bonds is 5. The van der Waals surface area contributed by atoms with Gasteiger partial charge in [0.1, 0.15) is 17.3 Å². The molecule has 4 rings (SSSR count). The fraction of sp³-hybridized carbons (Fsp3) is 0.190. The lowest BCUT2D eigenvalue weighted by Crippen LogP contribution is -2.02. The third-order valence-corrected chi connectivity index (χ3v) is 4.39. The summed E-state index contributed by atoms with van der Waals surface area (Å²) in [4.78, 5) is 4.80. The van der Waals surface area contributed by atoms with Crippen molar-refractivity contribution in [2.45, 2.75) is 13.5 Å². The van der Waals surface area contributed by atoms with Crippen molar-refractivity contribution in [3.63, 3.8) is 0 Å². The van der Waals surface area contributed by atoms with Crippen LogP contribution >= 0.6 is 0 Å². The number of hydrogen-bond acceptors (Lipinski definition) is 4. The number of nitrogens with zero attached hydrogens (tertiary/aromatic N) is 2. The molecule has 0 aliphatic heterocycles. The lowest BCUT2D eigenvalue weighted by Gasteiger charge is -2.10. The molecule has 0 bridgehead atoms. The Morgan fingerprint density at radius 2 is 1.77 bits per heavy atom. The van der Waals surface area contributed by atoms with Crippen LogP contribution < -0.4 is 9.47 Å². The molecule has 0 atom stereocenters. The first-order valence-corrected chi connectivity index (χ1v) is 8.42. The highest BCUT2D eigenvalue weighted by Gasteiger charge is 2.16. The first kappa shape index (κ1) is 16.3. The van der Waals surface area contributed by atoms with Gasteiger partial charge >= 0.3 is 0 Å². The Labute approximate surface area is 151 Å². The molecule has 132 valence electrons. The van der Waals surface area contributed by atoms with Gasteiger partial charge in [-0.05, 0) is 48.9 Å². The molecule has 0 aliphatic carbocycles. The summed E-state index contributed by atoms with van der Waals surface area (Å²) < 4.78 is 18.7.